The predicted molar refractivity (Wildman–Crippen MR) is 120 cm³/mol. The first kappa shape index (κ1) is 21.8. The molecule has 0 radical (unpaired) electrons. The highest BCUT2D eigenvalue weighted by Gasteiger charge is 2.22. The lowest BCUT2D eigenvalue weighted by molar-refractivity contribution is 0.0528. The molecule has 4 aromatic rings. The Morgan fingerprint density at radius 1 is 1.06 bits per heavy atom. The number of pyridine rings is 2. The van der Waals surface area contributed by atoms with E-state index in [2.05, 4.69) is 10.3 Å². The molecule has 3 heterocycles. The molecular weight excluding hydrogens is 422 g/mol. The van der Waals surface area contributed by atoms with Gasteiger partial charge in [0, 0.05) is 36.3 Å². The molecule has 166 valence electrons. The smallest absolute Gasteiger partial charge is 0.340 e. The van der Waals surface area contributed by atoms with Crippen LogP contribution in [0.4, 0.5) is 0 Å². The second kappa shape index (κ2) is 9.35. The van der Waals surface area contributed by atoms with E-state index in [-0.39, 0.29) is 40.9 Å². The first-order chi connectivity index (χ1) is 16.0. The second-order valence-electron chi connectivity index (χ2n) is 7.26. The van der Waals surface area contributed by atoms with E-state index in [9.17, 15) is 19.5 Å². The number of ether oxygens (including phenoxy) is 1. The minimum atomic E-state index is -0.599. The number of fused-ring (bicyclic) bond motifs is 1. The highest BCUT2D eigenvalue weighted by molar-refractivity contribution is 6.11. The van der Waals surface area contributed by atoms with Gasteiger partial charge in [-0.25, -0.2) is 4.79 Å². The molecule has 0 aliphatic rings. The molecule has 4 rings (SSSR count). The van der Waals surface area contributed by atoms with Crippen LogP contribution in [-0.4, -0.2) is 38.8 Å². The Hall–Kier alpha value is -4.46. The molecule has 0 bridgehead atoms. The van der Waals surface area contributed by atoms with Gasteiger partial charge in [0.05, 0.1) is 23.4 Å². The molecule has 8 heteroatoms. The third-order valence-corrected chi connectivity index (χ3v) is 5.05. The van der Waals surface area contributed by atoms with Crippen LogP contribution < -0.4 is 5.32 Å². The second-order valence-corrected chi connectivity index (χ2v) is 7.26. The van der Waals surface area contributed by atoms with Crippen LogP contribution in [-0.2, 0) is 11.3 Å². The number of hydrogen-bond acceptors (Lipinski definition) is 6. The highest BCUT2D eigenvalue weighted by atomic mass is 16.5. The molecule has 0 unspecified atom stereocenters. The first-order valence-corrected chi connectivity index (χ1v) is 10.3. The average Bonchev–Trinajstić information content (AvgIpc) is 3.22. The largest absolute Gasteiger partial charge is 0.508 e. The Labute approximate surface area is 189 Å². The van der Waals surface area contributed by atoms with Crippen molar-refractivity contribution in [2.45, 2.75) is 13.5 Å². The molecular formula is C25H21N3O5. The summed E-state index contributed by atoms with van der Waals surface area (Å²) in [5.41, 5.74) is 2.18. The maximum atomic E-state index is 13.1. The molecule has 33 heavy (non-hydrogen) atoms. The number of aromatic nitrogens is 2. The summed E-state index contributed by atoms with van der Waals surface area (Å²) in [6, 6.07) is 14.1. The minimum Gasteiger partial charge on any atom is -0.508 e. The van der Waals surface area contributed by atoms with Crippen LogP contribution in [0, 0.1) is 0 Å². The van der Waals surface area contributed by atoms with E-state index in [1.54, 1.807) is 55.8 Å². The number of phenols is 1. The van der Waals surface area contributed by atoms with Crippen molar-refractivity contribution < 1.29 is 24.2 Å². The van der Waals surface area contributed by atoms with Crippen molar-refractivity contribution in [2.75, 3.05) is 6.61 Å². The van der Waals surface area contributed by atoms with Gasteiger partial charge in [-0.2, -0.15) is 0 Å². The number of nitrogens with one attached hydrogen (secondary N) is 1. The number of rotatable bonds is 7. The lowest BCUT2D eigenvalue weighted by atomic mass is 10.1. The Balaban J connectivity index is 1.71. The number of amides is 1. The Kier molecular flexibility index (Phi) is 6.17. The lowest BCUT2D eigenvalue weighted by Gasteiger charge is -2.08. The Morgan fingerprint density at radius 3 is 2.64 bits per heavy atom. The number of esters is 1. The van der Waals surface area contributed by atoms with Gasteiger partial charge >= 0.3 is 5.97 Å². The maximum absolute atomic E-state index is 13.1. The topological polar surface area (TPSA) is 110 Å². The summed E-state index contributed by atoms with van der Waals surface area (Å²) in [7, 11) is 0. The van der Waals surface area contributed by atoms with E-state index in [1.807, 2.05) is 6.07 Å². The fourth-order valence-corrected chi connectivity index (χ4v) is 3.47. The molecule has 0 atom stereocenters. The summed E-state index contributed by atoms with van der Waals surface area (Å²) in [6.45, 7) is 2.15. The fraction of sp³-hybridized carbons (Fsp3) is 0.120. The average molecular weight is 443 g/mol. The number of carbonyl (C=O) groups excluding carboxylic acids is 3. The van der Waals surface area contributed by atoms with Crippen LogP contribution in [0.1, 0.15) is 49.3 Å². The van der Waals surface area contributed by atoms with Crippen molar-refractivity contribution in [3.63, 3.8) is 0 Å². The normalized spacial score (nSPS) is 10.7. The number of nitrogens with zero attached hydrogens (tertiary/aromatic N) is 2. The van der Waals surface area contributed by atoms with Gasteiger partial charge in [-0.05, 0) is 48.9 Å². The van der Waals surface area contributed by atoms with Crippen molar-refractivity contribution in [2.24, 2.45) is 0 Å². The standard InChI is InChI=1S/C25H21N3O5/c1-2-33-25(32)20-13-22(23(30)17-6-3-7-19(29)11-17)28-10-8-18(12-21(20)28)24(31)27-15-16-5-4-9-26-14-16/h3-14,29H,2,15H2,1H3,(H,27,31). The van der Waals surface area contributed by atoms with E-state index < -0.39 is 5.97 Å². The van der Waals surface area contributed by atoms with Crippen LogP contribution >= 0.6 is 0 Å². The van der Waals surface area contributed by atoms with E-state index in [1.165, 1.54) is 22.6 Å². The van der Waals surface area contributed by atoms with Gasteiger partial charge < -0.3 is 19.6 Å². The first-order valence-electron chi connectivity index (χ1n) is 10.3. The molecule has 0 aliphatic heterocycles. The zero-order valence-corrected chi connectivity index (χ0v) is 17.8. The number of carbonyl (C=O) groups is 3. The summed E-state index contributed by atoms with van der Waals surface area (Å²) in [5, 5.41) is 12.6. The molecule has 2 N–H and O–H groups in total. The highest BCUT2D eigenvalue weighted by Crippen LogP contribution is 2.23. The van der Waals surface area contributed by atoms with E-state index in [0.717, 1.165) is 5.56 Å². The van der Waals surface area contributed by atoms with Crippen LogP contribution in [0.2, 0.25) is 0 Å². The Bertz CT molecular complexity index is 1340. The third kappa shape index (κ3) is 4.59. The number of phenolic OH excluding ortho intramolecular Hbond substituents is 1. The van der Waals surface area contributed by atoms with Gasteiger partial charge in [-0.15, -0.1) is 0 Å². The zero-order valence-electron chi connectivity index (χ0n) is 17.8. The summed E-state index contributed by atoms with van der Waals surface area (Å²) >= 11 is 0. The number of ketones is 1. The summed E-state index contributed by atoms with van der Waals surface area (Å²) in [5.74, 6) is -1.36. The van der Waals surface area contributed by atoms with Gasteiger partial charge in [-0.3, -0.25) is 14.6 Å². The lowest BCUT2D eigenvalue weighted by Crippen LogP contribution is -2.23. The maximum Gasteiger partial charge on any atom is 0.340 e. The summed E-state index contributed by atoms with van der Waals surface area (Å²) in [4.78, 5) is 42.4. The van der Waals surface area contributed by atoms with Crippen LogP contribution in [0.3, 0.4) is 0 Å². The zero-order chi connectivity index (χ0) is 23.4. The molecule has 0 aliphatic carbocycles. The van der Waals surface area contributed by atoms with E-state index in [4.69, 9.17) is 4.74 Å². The van der Waals surface area contributed by atoms with Crippen molar-refractivity contribution in [3.8, 4) is 5.75 Å². The van der Waals surface area contributed by atoms with Gasteiger partial charge in [0.1, 0.15) is 5.75 Å². The SMILES string of the molecule is CCOC(=O)c1cc(C(=O)c2cccc(O)c2)n2ccc(C(=O)NCc3cccnc3)cc12. The van der Waals surface area contributed by atoms with Crippen LogP contribution in [0.5, 0.6) is 5.75 Å². The van der Waals surface area contributed by atoms with Crippen molar-refractivity contribution in [3.05, 3.63) is 101 Å². The molecule has 3 aromatic heterocycles. The fourth-order valence-electron chi connectivity index (χ4n) is 3.47. The molecule has 0 fully saturated rings. The van der Waals surface area contributed by atoms with Crippen LogP contribution in [0.15, 0.2) is 73.2 Å². The molecule has 0 spiro atoms. The summed E-state index contributed by atoms with van der Waals surface area (Å²) < 4.78 is 6.69. The van der Waals surface area contributed by atoms with E-state index >= 15 is 0 Å². The molecule has 0 saturated carbocycles. The minimum absolute atomic E-state index is 0.0418. The number of hydrogen-bond donors (Lipinski definition) is 2. The van der Waals surface area contributed by atoms with E-state index in [0.29, 0.717) is 17.6 Å². The summed E-state index contributed by atoms with van der Waals surface area (Å²) in [6.07, 6.45) is 4.88. The molecule has 0 saturated heterocycles. The molecule has 1 amide bonds. The predicted octanol–water partition coefficient (Wildman–Crippen LogP) is 3.38. The quantitative estimate of drug-likeness (QED) is 0.335. The van der Waals surface area contributed by atoms with Gasteiger partial charge in [0.25, 0.3) is 5.91 Å². The third-order valence-electron chi connectivity index (χ3n) is 5.05. The van der Waals surface area contributed by atoms with Gasteiger partial charge in [0.2, 0.25) is 5.78 Å². The van der Waals surface area contributed by atoms with Crippen molar-refractivity contribution in [1.82, 2.24) is 14.7 Å². The Morgan fingerprint density at radius 2 is 1.91 bits per heavy atom. The van der Waals surface area contributed by atoms with Crippen LogP contribution in [0.25, 0.3) is 5.52 Å². The molecule has 8 nitrogen and oxygen atoms in total. The van der Waals surface area contributed by atoms with Crippen molar-refractivity contribution >= 4 is 23.2 Å². The molecule has 1 aromatic carbocycles. The monoisotopic (exact) mass is 443 g/mol. The van der Waals surface area contributed by atoms with Crippen molar-refractivity contribution in [1.29, 1.82) is 0 Å². The number of aromatic hydroxyl groups is 1. The van der Waals surface area contributed by atoms with Gasteiger partial charge in [0.15, 0.2) is 0 Å². The van der Waals surface area contributed by atoms with Gasteiger partial charge in [-0.1, -0.05) is 18.2 Å². The number of benzene rings is 1.